The minimum atomic E-state index is -0.851. The van der Waals surface area contributed by atoms with Crippen LogP contribution in [-0.2, 0) is 4.79 Å². The minimum absolute atomic E-state index is 0.137. The molecule has 1 aliphatic rings. The van der Waals surface area contributed by atoms with Crippen molar-refractivity contribution in [3.05, 3.63) is 33.8 Å². The van der Waals surface area contributed by atoms with E-state index in [-0.39, 0.29) is 5.91 Å². The van der Waals surface area contributed by atoms with E-state index in [9.17, 15) is 9.59 Å². The Morgan fingerprint density at radius 1 is 1.10 bits per heavy atom. The topological polar surface area (TPSA) is 60.9 Å². The van der Waals surface area contributed by atoms with Crippen LogP contribution in [0.2, 0.25) is 10.0 Å². The molecule has 1 amide bonds. The van der Waals surface area contributed by atoms with Crippen LogP contribution in [0.1, 0.15) is 17.3 Å². The molecule has 2 rings (SSSR count). The Morgan fingerprint density at radius 2 is 1.62 bits per heavy atom. The summed E-state index contributed by atoms with van der Waals surface area (Å²) in [6, 6.07) is 4.21. The predicted octanol–water partition coefficient (Wildman–Crippen LogP) is 2.22. The van der Waals surface area contributed by atoms with E-state index in [1.807, 2.05) is 4.90 Å². The fourth-order valence-electron chi connectivity index (χ4n) is 2.33. The zero-order chi connectivity index (χ0) is 15.6. The Kier molecular flexibility index (Phi) is 5.08. The second-order valence-electron chi connectivity index (χ2n) is 5.00. The van der Waals surface area contributed by atoms with Gasteiger partial charge in [-0.1, -0.05) is 23.2 Å². The summed E-state index contributed by atoms with van der Waals surface area (Å²) in [7, 11) is 0. The van der Waals surface area contributed by atoms with E-state index in [1.165, 1.54) is 0 Å². The minimum Gasteiger partial charge on any atom is -0.480 e. The average molecular weight is 331 g/mol. The lowest BCUT2D eigenvalue weighted by atomic mass is 10.1. The molecular formula is C14H16Cl2N2O3. The molecule has 1 aliphatic heterocycles. The molecule has 1 aromatic carbocycles. The van der Waals surface area contributed by atoms with Crippen LogP contribution in [0.25, 0.3) is 0 Å². The molecule has 114 valence electrons. The van der Waals surface area contributed by atoms with Gasteiger partial charge >= 0.3 is 5.97 Å². The van der Waals surface area contributed by atoms with Gasteiger partial charge in [0.2, 0.25) is 0 Å². The number of piperazine rings is 1. The van der Waals surface area contributed by atoms with Crippen LogP contribution in [0, 0.1) is 0 Å². The molecule has 0 aromatic heterocycles. The normalized spacial score (nSPS) is 17.6. The van der Waals surface area contributed by atoms with Crippen molar-refractivity contribution in [2.45, 2.75) is 13.0 Å². The number of carbonyl (C=O) groups excluding carboxylic acids is 1. The molecule has 1 N–H and O–H groups in total. The number of hydrogen-bond acceptors (Lipinski definition) is 3. The second kappa shape index (κ2) is 6.64. The molecule has 0 unspecified atom stereocenters. The van der Waals surface area contributed by atoms with Crippen LogP contribution in [0.3, 0.4) is 0 Å². The van der Waals surface area contributed by atoms with Gasteiger partial charge in [0.1, 0.15) is 6.04 Å². The summed E-state index contributed by atoms with van der Waals surface area (Å²) < 4.78 is 0. The lowest BCUT2D eigenvalue weighted by Gasteiger charge is -2.36. The first-order valence-electron chi connectivity index (χ1n) is 6.60. The van der Waals surface area contributed by atoms with Crippen LogP contribution in [0.15, 0.2) is 18.2 Å². The molecule has 1 saturated heterocycles. The molecule has 0 aliphatic carbocycles. The number of carboxylic acid groups (broad SMARTS) is 1. The molecule has 1 aromatic rings. The van der Waals surface area contributed by atoms with Crippen molar-refractivity contribution in [2.75, 3.05) is 26.2 Å². The summed E-state index contributed by atoms with van der Waals surface area (Å²) in [6.45, 7) is 3.69. The monoisotopic (exact) mass is 330 g/mol. The highest BCUT2D eigenvalue weighted by Gasteiger charge is 2.27. The highest BCUT2D eigenvalue weighted by atomic mass is 35.5. The Labute approximate surface area is 133 Å². The second-order valence-corrected chi connectivity index (χ2v) is 5.87. The highest BCUT2D eigenvalue weighted by Crippen LogP contribution is 2.21. The third-order valence-corrected chi connectivity index (χ3v) is 4.05. The van der Waals surface area contributed by atoms with E-state index in [4.69, 9.17) is 28.3 Å². The molecule has 0 bridgehead atoms. The summed E-state index contributed by atoms with van der Waals surface area (Å²) in [5.41, 5.74) is 0.451. The number of carbonyl (C=O) groups is 2. The van der Waals surface area contributed by atoms with Gasteiger partial charge in [-0.2, -0.15) is 0 Å². The Bertz CT molecular complexity index is 537. The van der Waals surface area contributed by atoms with Gasteiger partial charge in [0.25, 0.3) is 5.91 Å². The van der Waals surface area contributed by atoms with Gasteiger partial charge in [0.15, 0.2) is 0 Å². The van der Waals surface area contributed by atoms with Crippen molar-refractivity contribution in [3.63, 3.8) is 0 Å². The third kappa shape index (κ3) is 3.87. The van der Waals surface area contributed by atoms with Crippen molar-refractivity contribution < 1.29 is 14.7 Å². The van der Waals surface area contributed by atoms with E-state index in [0.717, 1.165) is 0 Å². The molecule has 7 heteroatoms. The lowest BCUT2D eigenvalue weighted by molar-refractivity contribution is -0.143. The quantitative estimate of drug-likeness (QED) is 0.923. The van der Waals surface area contributed by atoms with E-state index in [0.29, 0.717) is 41.8 Å². The number of hydrogen-bond donors (Lipinski definition) is 1. The third-order valence-electron chi connectivity index (χ3n) is 3.62. The Balaban J connectivity index is 2.01. The van der Waals surface area contributed by atoms with Gasteiger partial charge in [-0.3, -0.25) is 14.5 Å². The summed E-state index contributed by atoms with van der Waals surface area (Å²) in [5, 5.41) is 9.84. The van der Waals surface area contributed by atoms with Gasteiger partial charge in [0.05, 0.1) is 0 Å². The van der Waals surface area contributed by atoms with E-state index in [1.54, 1.807) is 30.0 Å². The first-order valence-corrected chi connectivity index (χ1v) is 7.36. The number of halogens is 2. The fourth-order valence-corrected chi connectivity index (χ4v) is 2.85. The largest absolute Gasteiger partial charge is 0.480 e. The summed E-state index contributed by atoms with van der Waals surface area (Å²) in [5.74, 6) is -0.988. The maximum absolute atomic E-state index is 12.4. The SMILES string of the molecule is C[C@H](C(=O)O)N1CCN(C(=O)c2cc(Cl)cc(Cl)c2)CC1. The molecule has 1 heterocycles. The first-order chi connectivity index (χ1) is 9.88. The van der Waals surface area contributed by atoms with Crippen molar-refractivity contribution >= 4 is 35.1 Å². The Hall–Kier alpha value is -1.30. The molecule has 0 saturated carbocycles. The molecule has 1 fully saturated rings. The number of benzene rings is 1. The van der Waals surface area contributed by atoms with Gasteiger partial charge < -0.3 is 10.0 Å². The van der Waals surface area contributed by atoms with Gasteiger partial charge in [-0.15, -0.1) is 0 Å². The van der Waals surface area contributed by atoms with Crippen molar-refractivity contribution in [3.8, 4) is 0 Å². The fraction of sp³-hybridized carbons (Fsp3) is 0.429. The van der Waals surface area contributed by atoms with E-state index >= 15 is 0 Å². The van der Waals surface area contributed by atoms with Crippen molar-refractivity contribution in [1.82, 2.24) is 9.80 Å². The van der Waals surface area contributed by atoms with Gasteiger partial charge in [0, 0.05) is 41.8 Å². The molecular weight excluding hydrogens is 315 g/mol. The number of nitrogens with zero attached hydrogens (tertiary/aromatic N) is 2. The maximum atomic E-state index is 12.4. The maximum Gasteiger partial charge on any atom is 0.320 e. The average Bonchev–Trinajstić information content (AvgIpc) is 2.44. The number of carboxylic acids is 1. The van der Waals surface area contributed by atoms with E-state index in [2.05, 4.69) is 0 Å². The van der Waals surface area contributed by atoms with Crippen molar-refractivity contribution in [2.24, 2.45) is 0 Å². The predicted molar refractivity (Wildman–Crippen MR) is 81.0 cm³/mol. The molecule has 0 spiro atoms. The zero-order valence-electron chi connectivity index (χ0n) is 11.6. The summed E-state index contributed by atoms with van der Waals surface area (Å²) in [6.07, 6.45) is 0. The highest BCUT2D eigenvalue weighted by molar-refractivity contribution is 6.35. The Morgan fingerprint density at radius 3 is 2.10 bits per heavy atom. The van der Waals surface area contributed by atoms with Gasteiger partial charge in [-0.25, -0.2) is 0 Å². The van der Waals surface area contributed by atoms with Crippen LogP contribution in [0.5, 0.6) is 0 Å². The van der Waals surface area contributed by atoms with E-state index < -0.39 is 12.0 Å². The number of amides is 1. The number of aliphatic carboxylic acids is 1. The number of rotatable bonds is 3. The van der Waals surface area contributed by atoms with Gasteiger partial charge in [-0.05, 0) is 25.1 Å². The molecule has 0 radical (unpaired) electrons. The zero-order valence-corrected chi connectivity index (χ0v) is 13.1. The molecule has 1 atom stereocenters. The first kappa shape index (κ1) is 16.1. The van der Waals surface area contributed by atoms with Crippen LogP contribution in [0.4, 0.5) is 0 Å². The smallest absolute Gasteiger partial charge is 0.320 e. The summed E-state index contributed by atoms with van der Waals surface area (Å²) in [4.78, 5) is 26.9. The van der Waals surface area contributed by atoms with Crippen LogP contribution in [-0.4, -0.2) is 59.0 Å². The molecule has 21 heavy (non-hydrogen) atoms. The standard InChI is InChI=1S/C14H16Cl2N2O3/c1-9(14(20)21)17-2-4-18(5-3-17)13(19)10-6-11(15)8-12(16)7-10/h6-9H,2-5H2,1H3,(H,20,21)/t9-/m1/s1. The summed E-state index contributed by atoms with van der Waals surface area (Å²) >= 11 is 11.8. The lowest BCUT2D eigenvalue weighted by Crippen LogP contribution is -2.53. The van der Waals surface area contributed by atoms with Crippen LogP contribution >= 0.6 is 23.2 Å². The van der Waals surface area contributed by atoms with Crippen LogP contribution < -0.4 is 0 Å². The van der Waals surface area contributed by atoms with Crippen molar-refractivity contribution in [1.29, 1.82) is 0 Å². The molecule has 5 nitrogen and oxygen atoms in total.